The van der Waals surface area contributed by atoms with E-state index in [9.17, 15) is 22.0 Å². The maximum atomic E-state index is 15.6. The Morgan fingerprint density at radius 1 is 1.05 bits per heavy atom. The molecule has 1 amide bonds. The first-order valence-electron chi connectivity index (χ1n) is 13.3. The zero-order chi connectivity index (χ0) is 30.1. The molecule has 8 nitrogen and oxygen atoms in total. The number of amides is 1. The van der Waals surface area contributed by atoms with Crippen LogP contribution in [-0.2, 0) is 20.2 Å². The molecule has 0 aromatic heterocycles. The van der Waals surface area contributed by atoms with Crippen molar-refractivity contribution in [2.75, 3.05) is 44.1 Å². The molecular formula is C29H29ClF3N3O5S. The van der Waals surface area contributed by atoms with E-state index in [-0.39, 0.29) is 44.7 Å². The van der Waals surface area contributed by atoms with Gasteiger partial charge in [-0.05, 0) is 61.3 Å². The molecule has 2 heterocycles. The molecular weight excluding hydrogens is 595 g/mol. The van der Waals surface area contributed by atoms with Crippen molar-refractivity contribution in [3.05, 3.63) is 82.6 Å². The zero-order valence-corrected chi connectivity index (χ0v) is 24.2. The minimum absolute atomic E-state index is 0.0242. The van der Waals surface area contributed by atoms with Crippen LogP contribution in [0.3, 0.4) is 0 Å². The number of fused-ring (bicyclic) bond motifs is 1. The highest BCUT2D eigenvalue weighted by molar-refractivity contribution is 7.93. The van der Waals surface area contributed by atoms with Gasteiger partial charge in [0, 0.05) is 37.8 Å². The van der Waals surface area contributed by atoms with Crippen molar-refractivity contribution in [2.24, 2.45) is 0 Å². The van der Waals surface area contributed by atoms with Gasteiger partial charge in [-0.2, -0.15) is 8.78 Å². The normalized spacial score (nSPS) is 19.3. The highest BCUT2D eigenvalue weighted by atomic mass is 35.5. The Morgan fingerprint density at radius 2 is 1.74 bits per heavy atom. The first kappa shape index (κ1) is 30.1. The largest absolute Gasteiger partial charge is 0.495 e. The van der Waals surface area contributed by atoms with Gasteiger partial charge in [-0.25, -0.2) is 17.1 Å². The molecule has 3 aromatic rings. The maximum absolute atomic E-state index is 15.6. The molecule has 42 heavy (non-hydrogen) atoms. The molecule has 224 valence electrons. The van der Waals surface area contributed by atoms with Crippen LogP contribution in [0.2, 0.25) is 5.02 Å². The Labute approximate surface area is 247 Å². The Hall–Kier alpha value is -3.32. The summed E-state index contributed by atoms with van der Waals surface area (Å²) in [6.07, 6.45) is 0.552. The minimum Gasteiger partial charge on any atom is -0.495 e. The smallest absolute Gasteiger partial charge is 0.387 e. The molecule has 3 aromatic carbocycles. The van der Waals surface area contributed by atoms with Crippen LogP contribution in [0.15, 0.2) is 65.6 Å². The number of nitrogens with zero attached hydrogens (tertiary/aromatic N) is 2. The Kier molecular flexibility index (Phi) is 8.70. The van der Waals surface area contributed by atoms with Gasteiger partial charge in [0.25, 0.3) is 15.9 Å². The molecule has 0 spiro atoms. The van der Waals surface area contributed by atoms with Crippen molar-refractivity contribution < 1.29 is 35.9 Å². The molecule has 1 N–H and O–H groups in total. The first-order valence-corrected chi connectivity index (χ1v) is 15.1. The second kappa shape index (κ2) is 12.1. The SMILES string of the molecule is COc1cc2c(cc1Cl)C(CCCN1CCNCC1)(c1ccccc1F)C(=O)N2S(=O)(=O)c1ccc(OC(F)F)cc1. The summed E-state index contributed by atoms with van der Waals surface area (Å²) >= 11 is 6.52. The van der Waals surface area contributed by atoms with Crippen molar-refractivity contribution in [1.29, 1.82) is 0 Å². The van der Waals surface area contributed by atoms with Gasteiger partial charge in [-0.3, -0.25) is 4.79 Å². The number of halogens is 4. The average molecular weight is 624 g/mol. The van der Waals surface area contributed by atoms with Crippen LogP contribution >= 0.6 is 11.6 Å². The molecule has 5 rings (SSSR count). The van der Waals surface area contributed by atoms with E-state index < -0.39 is 33.8 Å². The van der Waals surface area contributed by atoms with Gasteiger partial charge in [0.05, 0.1) is 22.7 Å². The summed E-state index contributed by atoms with van der Waals surface area (Å²) in [6, 6.07) is 12.9. The number of carbonyl (C=O) groups is 1. The number of benzene rings is 3. The van der Waals surface area contributed by atoms with E-state index in [1.54, 1.807) is 6.07 Å². The van der Waals surface area contributed by atoms with Crippen molar-refractivity contribution in [3.8, 4) is 11.5 Å². The lowest BCUT2D eigenvalue weighted by molar-refractivity contribution is -0.121. The molecule has 1 atom stereocenters. The fourth-order valence-corrected chi connectivity index (χ4v) is 7.41. The molecule has 1 unspecified atom stereocenters. The van der Waals surface area contributed by atoms with Crippen LogP contribution in [0.25, 0.3) is 0 Å². The fourth-order valence-electron chi connectivity index (χ4n) is 5.69. The Bertz CT molecular complexity index is 1570. The van der Waals surface area contributed by atoms with Gasteiger partial charge in [-0.15, -0.1) is 0 Å². The van der Waals surface area contributed by atoms with E-state index in [0.717, 1.165) is 50.4 Å². The molecule has 0 saturated carbocycles. The summed E-state index contributed by atoms with van der Waals surface area (Å²) in [5, 5.41) is 3.41. The number of alkyl halides is 2. The zero-order valence-electron chi connectivity index (χ0n) is 22.7. The summed E-state index contributed by atoms with van der Waals surface area (Å²) < 4.78 is 79.4. The third-order valence-electron chi connectivity index (χ3n) is 7.65. The summed E-state index contributed by atoms with van der Waals surface area (Å²) in [6.45, 7) is 0.783. The van der Waals surface area contributed by atoms with E-state index in [1.807, 2.05) is 0 Å². The number of rotatable bonds is 10. The predicted octanol–water partition coefficient (Wildman–Crippen LogP) is 4.80. The standard InChI is InChI=1S/C29H29ClF3N3O5S/c1-40-26-18-25-22(17-23(26)30)29(21-5-2-3-6-24(21)31,11-4-14-35-15-12-34-13-16-35)27(37)36(25)42(38,39)20-9-7-19(8-10-20)41-28(32)33/h2-3,5-10,17-18,28,34H,4,11-16H2,1H3. The summed E-state index contributed by atoms with van der Waals surface area (Å²) in [5.74, 6) is -1.67. The number of anilines is 1. The summed E-state index contributed by atoms with van der Waals surface area (Å²) in [5.41, 5.74) is -1.50. The number of methoxy groups -OCH3 is 1. The summed E-state index contributed by atoms with van der Waals surface area (Å²) in [4.78, 5) is 16.5. The fraction of sp³-hybridized carbons (Fsp3) is 0.345. The van der Waals surface area contributed by atoms with Gasteiger partial charge in [-0.1, -0.05) is 29.8 Å². The van der Waals surface area contributed by atoms with E-state index in [0.29, 0.717) is 17.3 Å². The van der Waals surface area contributed by atoms with Gasteiger partial charge >= 0.3 is 6.61 Å². The molecule has 0 bridgehead atoms. The minimum atomic E-state index is -4.62. The molecule has 13 heteroatoms. The van der Waals surface area contributed by atoms with Crippen LogP contribution in [0.1, 0.15) is 24.0 Å². The van der Waals surface area contributed by atoms with E-state index in [2.05, 4.69) is 15.0 Å². The first-order chi connectivity index (χ1) is 20.1. The van der Waals surface area contributed by atoms with E-state index in [4.69, 9.17) is 16.3 Å². The highest BCUT2D eigenvalue weighted by Crippen LogP contribution is 2.53. The quantitative estimate of drug-likeness (QED) is 0.347. The van der Waals surface area contributed by atoms with Crippen LogP contribution < -0.4 is 19.1 Å². The average Bonchev–Trinajstić information content (AvgIpc) is 3.21. The second-order valence-electron chi connectivity index (χ2n) is 10.0. The number of piperazine rings is 1. The number of hydrogen-bond donors (Lipinski definition) is 1. The van der Waals surface area contributed by atoms with E-state index in [1.165, 1.54) is 37.4 Å². The number of sulfonamides is 1. The van der Waals surface area contributed by atoms with Crippen molar-refractivity contribution in [2.45, 2.75) is 29.8 Å². The van der Waals surface area contributed by atoms with Crippen molar-refractivity contribution in [1.82, 2.24) is 10.2 Å². The third-order valence-corrected chi connectivity index (χ3v) is 9.66. The lowest BCUT2D eigenvalue weighted by Gasteiger charge is -2.32. The lowest BCUT2D eigenvalue weighted by Crippen LogP contribution is -2.46. The number of ether oxygens (including phenoxy) is 2. The van der Waals surface area contributed by atoms with Gasteiger partial charge in [0.1, 0.15) is 22.7 Å². The van der Waals surface area contributed by atoms with Gasteiger partial charge < -0.3 is 19.7 Å². The number of hydrogen-bond acceptors (Lipinski definition) is 7. The molecule has 0 aliphatic carbocycles. The number of carbonyl (C=O) groups excluding carboxylic acids is 1. The van der Waals surface area contributed by atoms with Crippen LogP contribution in [0.5, 0.6) is 11.5 Å². The van der Waals surface area contributed by atoms with Crippen molar-refractivity contribution in [3.63, 3.8) is 0 Å². The molecule has 0 radical (unpaired) electrons. The molecule has 1 saturated heterocycles. The lowest BCUT2D eigenvalue weighted by atomic mass is 9.72. The predicted molar refractivity (Wildman–Crippen MR) is 151 cm³/mol. The van der Waals surface area contributed by atoms with Crippen LogP contribution in [0.4, 0.5) is 18.9 Å². The topological polar surface area (TPSA) is 88.2 Å². The second-order valence-corrected chi connectivity index (χ2v) is 12.2. The van der Waals surface area contributed by atoms with E-state index >= 15 is 4.39 Å². The van der Waals surface area contributed by atoms with Crippen molar-refractivity contribution >= 4 is 33.2 Å². The van der Waals surface area contributed by atoms with Crippen LogP contribution in [0, 0.1) is 5.82 Å². The maximum Gasteiger partial charge on any atom is 0.387 e. The molecule has 2 aliphatic rings. The van der Waals surface area contributed by atoms with Gasteiger partial charge in [0.15, 0.2) is 0 Å². The highest BCUT2D eigenvalue weighted by Gasteiger charge is 2.57. The molecule has 2 aliphatic heterocycles. The van der Waals surface area contributed by atoms with Crippen LogP contribution in [-0.4, -0.2) is 65.7 Å². The summed E-state index contributed by atoms with van der Waals surface area (Å²) in [7, 11) is -3.27. The molecule has 1 fully saturated rings. The monoisotopic (exact) mass is 623 g/mol. The Balaban J connectivity index is 1.65. The third kappa shape index (κ3) is 5.44. The van der Waals surface area contributed by atoms with Gasteiger partial charge in [0.2, 0.25) is 0 Å². The Morgan fingerprint density at radius 3 is 2.38 bits per heavy atom. The number of nitrogens with one attached hydrogen (secondary N) is 1.